The Morgan fingerprint density at radius 3 is 2.04 bits per heavy atom. The zero-order chi connectivity index (χ0) is 32.9. The summed E-state index contributed by atoms with van der Waals surface area (Å²) in [5.41, 5.74) is 9.13. The van der Waals surface area contributed by atoms with Crippen LogP contribution in [0.25, 0.3) is 61.2 Å². The molecule has 0 fully saturated rings. The number of hydrogen-bond acceptors (Lipinski definition) is 2. The maximum absolute atomic E-state index is 13.8. The summed E-state index contributed by atoms with van der Waals surface area (Å²) in [4.78, 5) is 2.07. The van der Waals surface area contributed by atoms with Crippen molar-refractivity contribution in [2.24, 2.45) is 0 Å². The lowest BCUT2D eigenvalue weighted by molar-refractivity contribution is 0.628. The number of halogens is 1. The van der Waals surface area contributed by atoms with Gasteiger partial charge in [-0.25, -0.2) is 4.39 Å². The average molecular weight is 630 g/mol. The molecule has 8 aromatic carbocycles. The van der Waals surface area contributed by atoms with E-state index in [-0.39, 0.29) is 5.82 Å². The van der Waals surface area contributed by atoms with Crippen LogP contribution in [0, 0.1) is 17.1 Å². The van der Waals surface area contributed by atoms with Gasteiger partial charge in [0.05, 0.1) is 22.7 Å². The van der Waals surface area contributed by atoms with Gasteiger partial charge in [-0.05, 0) is 124 Å². The Labute approximate surface area is 283 Å². The van der Waals surface area contributed by atoms with Gasteiger partial charge in [0, 0.05) is 33.5 Å². The zero-order valence-electron chi connectivity index (χ0n) is 26.4. The van der Waals surface area contributed by atoms with Crippen LogP contribution in [0.2, 0.25) is 0 Å². The number of nitriles is 1. The topological polar surface area (TPSA) is 32.0 Å². The van der Waals surface area contributed by atoms with Crippen LogP contribution in [-0.4, -0.2) is 4.57 Å². The van der Waals surface area contributed by atoms with Gasteiger partial charge >= 0.3 is 0 Å². The lowest BCUT2D eigenvalue weighted by atomic mass is 9.97. The van der Waals surface area contributed by atoms with E-state index in [1.807, 2.05) is 12.1 Å². The maximum Gasteiger partial charge on any atom is 0.123 e. The maximum atomic E-state index is 13.8. The third-order valence-electron chi connectivity index (χ3n) is 9.41. The van der Waals surface area contributed by atoms with Crippen molar-refractivity contribution in [3.63, 3.8) is 0 Å². The van der Waals surface area contributed by atoms with Gasteiger partial charge in [-0.2, -0.15) is 5.26 Å². The van der Waals surface area contributed by atoms with Crippen LogP contribution < -0.4 is 4.90 Å². The molecule has 0 unspecified atom stereocenters. The van der Waals surface area contributed by atoms with Gasteiger partial charge in [-0.15, -0.1) is 0 Å². The van der Waals surface area contributed by atoms with Crippen molar-refractivity contribution >= 4 is 72.6 Å². The molecule has 4 heteroatoms. The van der Waals surface area contributed by atoms with E-state index in [1.54, 1.807) is 24.3 Å². The van der Waals surface area contributed by atoms with Crippen molar-refractivity contribution in [2.75, 3.05) is 4.90 Å². The molecule has 0 spiro atoms. The second kappa shape index (κ2) is 11.5. The zero-order valence-corrected chi connectivity index (χ0v) is 26.4. The first-order valence-corrected chi connectivity index (χ1v) is 16.3. The van der Waals surface area contributed by atoms with Crippen LogP contribution in [0.15, 0.2) is 158 Å². The summed E-state index contributed by atoms with van der Waals surface area (Å²) >= 11 is 0. The molecule has 9 aromatic rings. The monoisotopic (exact) mass is 629 g/mol. The van der Waals surface area contributed by atoms with Crippen LogP contribution in [0.3, 0.4) is 0 Å². The second-order valence-electron chi connectivity index (χ2n) is 12.3. The molecular weight excluding hydrogens is 602 g/mol. The average Bonchev–Trinajstić information content (AvgIpc) is 3.50. The minimum atomic E-state index is -0.286. The third kappa shape index (κ3) is 4.88. The van der Waals surface area contributed by atoms with Gasteiger partial charge in [0.25, 0.3) is 0 Å². The number of rotatable bonds is 6. The molecule has 0 atom stereocenters. The third-order valence-corrected chi connectivity index (χ3v) is 9.41. The van der Waals surface area contributed by atoms with E-state index in [1.165, 1.54) is 50.3 Å². The first kappa shape index (κ1) is 28.5. The predicted octanol–water partition coefficient (Wildman–Crippen LogP) is 12.2. The Bertz CT molecular complexity index is 2720. The second-order valence-corrected chi connectivity index (χ2v) is 12.3. The highest BCUT2D eigenvalue weighted by molar-refractivity contribution is 6.25. The standard InChI is InChI=1S/C45H28FN3/c46-36-18-23-39(24-19-36)48(38-20-11-31(29-47)12-21-38)40-22-15-34-27-30(10-14-35(34)28-40)9-13-32-17-26-43-45-41(32)25-16-33-5-4-8-42(44(33)45)49(43)37-6-2-1-3-7-37/h1-28H. The van der Waals surface area contributed by atoms with Crippen molar-refractivity contribution in [3.8, 4) is 11.8 Å². The lowest BCUT2D eigenvalue weighted by Crippen LogP contribution is -2.10. The fourth-order valence-electron chi connectivity index (χ4n) is 7.11. The molecule has 3 nitrogen and oxygen atoms in total. The van der Waals surface area contributed by atoms with Crippen LogP contribution in [0.5, 0.6) is 0 Å². The van der Waals surface area contributed by atoms with Crippen LogP contribution in [0.4, 0.5) is 21.5 Å². The normalized spacial score (nSPS) is 11.7. The summed E-state index contributed by atoms with van der Waals surface area (Å²) in [6.45, 7) is 0. The van der Waals surface area contributed by atoms with Crippen LogP contribution in [0.1, 0.15) is 16.7 Å². The Hall–Kier alpha value is -6.70. The Morgan fingerprint density at radius 2 is 1.24 bits per heavy atom. The Morgan fingerprint density at radius 1 is 0.551 bits per heavy atom. The minimum absolute atomic E-state index is 0.286. The van der Waals surface area contributed by atoms with Gasteiger partial charge in [0.1, 0.15) is 5.82 Å². The molecule has 0 aliphatic carbocycles. The fourth-order valence-corrected chi connectivity index (χ4v) is 7.11. The number of para-hydroxylation sites is 1. The quantitative estimate of drug-likeness (QED) is 0.135. The van der Waals surface area contributed by atoms with Crippen LogP contribution in [-0.2, 0) is 0 Å². The van der Waals surface area contributed by atoms with Gasteiger partial charge < -0.3 is 9.47 Å². The summed E-state index contributed by atoms with van der Waals surface area (Å²) in [7, 11) is 0. The number of benzene rings is 8. The van der Waals surface area contributed by atoms with Gasteiger partial charge in [0.2, 0.25) is 0 Å². The van der Waals surface area contributed by atoms with E-state index in [0.29, 0.717) is 5.56 Å². The molecule has 1 aromatic heterocycles. The van der Waals surface area contributed by atoms with E-state index in [2.05, 4.69) is 137 Å². The summed E-state index contributed by atoms with van der Waals surface area (Å²) in [5, 5.41) is 16.6. The largest absolute Gasteiger partial charge is 0.310 e. The van der Waals surface area contributed by atoms with E-state index in [4.69, 9.17) is 0 Å². The molecule has 0 saturated carbocycles. The van der Waals surface area contributed by atoms with E-state index >= 15 is 0 Å². The summed E-state index contributed by atoms with van der Waals surface area (Å²) in [5.74, 6) is -0.286. The van der Waals surface area contributed by atoms with Crippen molar-refractivity contribution in [2.45, 2.75) is 0 Å². The number of hydrogen-bond donors (Lipinski definition) is 0. The van der Waals surface area contributed by atoms with Crippen molar-refractivity contribution in [1.82, 2.24) is 4.57 Å². The van der Waals surface area contributed by atoms with Gasteiger partial charge in [-0.1, -0.05) is 78.9 Å². The van der Waals surface area contributed by atoms with Gasteiger partial charge in [0.15, 0.2) is 0 Å². The molecule has 49 heavy (non-hydrogen) atoms. The van der Waals surface area contributed by atoms with Crippen molar-refractivity contribution in [3.05, 3.63) is 180 Å². The SMILES string of the molecule is N#Cc1ccc(N(c2ccc(F)cc2)c2ccc3cc(C=Cc4ccc5c6c4ccc4cccc(c46)n5-c4ccccc4)ccc3c2)cc1. The summed E-state index contributed by atoms with van der Waals surface area (Å²) in [6.07, 6.45) is 4.40. The summed E-state index contributed by atoms with van der Waals surface area (Å²) < 4.78 is 16.2. The molecule has 0 saturated heterocycles. The van der Waals surface area contributed by atoms with E-state index in [9.17, 15) is 9.65 Å². The van der Waals surface area contributed by atoms with Crippen LogP contribution >= 0.6 is 0 Å². The molecule has 0 radical (unpaired) electrons. The minimum Gasteiger partial charge on any atom is -0.310 e. The predicted molar refractivity (Wildman–Crippen MR) is 202 cm³/mol. The molecule has 0 N–H and O–H groups in total. The highest BCUT2D eigenvalue weighted by Gasteiger charge is 2.18. The Kier molecular flexibility index (Phi) is 6.71. The molecule has 1 heterocycles. The highest BCUT2D eigenvalue weighted by Crippen LogP contribution is 2.41. The molecule has 0 aliphatic heterocycles. The first-order chi connectivity index (χ1) is 24.1. The fraction of sp³-hybridized carbons (Fsp3) is 0. The van der Waals surface area contributed by atoms with Gasteiger partial charge in [-0.3, -0.25) is 0 Å². The number of anilines is 3. The number of fused-ring (bicyclic) bond motifs is 1. The Balaban J connectivity index is 1.09. The summed E-state index contributed by atoms with van der Waals surface area (Å²) in [6, 6.07) is 55.0. The lowest BCUT2D eigenvalue weighted by Gasteiger charge is -2.26. The first-order valence-electron chi connectivity index (χ1n) is 16.3. The van der Waals surface area contributed by atoms with Crippen molar-refractivity contribution < 1.29 is 4.39 Å². The number of aromatic nitrogens is 1. The molecular formula is C45H28FN3. The highest BCUT2D eigenvalue weighted by atomic mass is 19.1. The molecule has 0 bridgehead atoms. The number of nitrogens with zero attached hydrogens (tertiary/aromatic N) is 3. The molecule has 230 valence electrons. The smallest absolute Gasteiger partial charge is 0.123 e. The molecule has 0 aliphatic rings. The van der Waals surface area contributed by atoms with E-state index < -0.39 is 0 Å². The van der Waals surface area contributed by atoms with Crippen molar-refractivity contribution in [1.29, 1.82) is 5.26 Å². The molecule has 0 amide bonds. The molecule has 9 rings (SSSR count). The van der Waals surface area contributed by atoms with E-state index in [0.717, 1.165) is 39.1 Å².